The van der Waals surface area contributed by atoms with Crippen LogP contribution in [-0.4, -0.2) is 33.1 Å². The third kappa shape index (κ3) is 3.65. The summed E-state index contributed by atoms with van der Waals surface area (Å²) in [6.07, 6.45) is 0. The van der Waals surface area contributed by atoms with Crippen LogP contribution in [0.3, 0.4) is 0 Å². The molecule has 0 amide bonds. The van der Waals surface area contributed by atoms with Crippen molar-refractivity contribution in [3.05, 3.63) is 47.5 Å². The summed E-state index contributed by atoms with van der Waals surface area (Å²) in [4.78, 5) is 23.6. The summed E-state index contributed by atoms with van der Waals surface area (Å²) in [5.41, 5.74) is 0.794. The molecule has 0 unspecified atom stereocenters. The highest BCUT2D eigenvalue weighted by atomic mass is 16.5. The summed E-state index contributed by atoms with van der Waals surface area (Å²) in [5, 5.41) is 0. The largest absolute Gasteiger partial charge is 0.493 e. The van der Waals surface area contributed by atoms with Gasteiger partial charge >= 0.3 is 5.97 Å². The standard InChI is InChI=1S/C18H18O6/c1-11(19)12-5-7-14(8-6-12)24-18(20)13-9-15(21-2)17(23-4)16(10-13)22-3/h5-10H,1-4H3. The van der Waals surface area contributed by atoms with E-state index in [4.69, 9.17) is 18.9 Å². The fourth-order valence-corrected chi connectivity index (χ4v) is 2.12. The average molecular weight is 330 g/mol. The molecule has 0 N–H and O–H groups in total. The van der Waals surface area contributed by atoms with Gasteiger partial charge in [0.25, 0.3) is 0 Å². The van der Waals surface area contributed by atoms with Crippen LogP contribution in [0.2, 0.25) is 0 Å². The minimum atomic E-state index is -0.579. The van der Waals surface area contributed by atoms with E-state index in [1.165, 1.54) is 40.4 Å². The third-order valence-electron chi connectivity index (χ3n) is 3.37. The van der Waals surface area contributed by atoms with Gasteiger partial charge in [0.15, 0.2) is 17.3 Å². The molecule has 6 heteroatoms. The van der Waals surface area contributed by atoms with Crippen molar-refractivity contribution in [2.75, 3.05) is 21.3 Å². The minimum absolute atomic E-state index is 0.0579. The van der Waals surface area contributed by atoms with Gasteiger partial charge in [-0.05, 0) is 43.3 Å². The van der Waals surface area contributed by atoms with E-state index in [1.807, 2.05) is 0 Å². The molecule has 0 bridgehead atoms. The molecule has 126 valence electrons. The van der Waals surface area contributed by atoms with Crippen LogP contribution >= 0.6 is 0 Å². The summed E-state index contributed by atoms with van der Waals surface area (Å²) < 4.78 is 20.9. The average Bonchev–Trinajstić information content (AvgIpc) is 2.60. The summed E-state index contributed by atoms with van der Waals surface area (Å²) in [7, 11) is 4.41. The lowest BCUT2D eigenvalue weighted by atomic mass is 10.1. The highest BCUT2D eigenvalue weighted by Crippen LogP contribution is 2.38. The SMILES string of the molecule is COc1cc(C(=O)Oc2ccc(C(C)=O)cc2)cc(OC)c1OC. The molecule has 0 saturated carbocycles. The number of esters is 1. The second-order valence-corrected chi connectivity index (χ2v) is 4.88. The molecule has 6 nitrogen and oxygen atoms in total. The smallest absolute Gasteiger partial charge is 0.343 e. The number of Topliss-reactive ketones (excluding diaryl/α,β-unsaturated/α-hetero) is 1. The fourth-order valence-electron chi connectivity index (χ4n) is 2.12. The van der Waals surface area contributed by atoms with E-state index in [-0.39, 0.29) is 11.3 Å². The Morgan fingerprint density at radius 1 is 0.792 bits per heavy atom. The number of methoxy groups -OCH3 is 3. The third-order valence-corrected chi connectivity index (χ3v) is 3.37. The number of carbonyl (C=O) groups is 2. The second-order valence-electron chi connectivity index (χ2n) is 4.88. The molecular formula is C18H18O6. The maximum absolute atomic E-state index is 12.3. The quantitative estimate of drug-likeness (QED) is 0.460. The summed E-state index contributed by atoms with van der Waals surface area (Å²) in [6.45, 7) is 1.47. The van der Waals surface area contributed by atoms with Crippen molar-refractivity contribution < 1.29 is 28.5 Å². The summed E-state index contributed by atoms with van der Waals surface area (Å²) in [5.74, 6) is 0.801. The maximum Gasteiger partial charge on any atom is 0.343 e. The highest BCUT2D eigenvalue weighted by Gasteiger charge is 2.18. The zero-order chi connectivity index (χ0) is 17.7. The monoisotopic (exact) mass is 330 g/mol. The Hall–Kier alpha value is -3.02. The Balaban J connectivity index is 2.27. The van der Waals surface area contributed by atoms with E-state index in [2.05, 4.69) is 0 Å². The minimum Gasteiger partial charge on any atom is -0.493 e. The first kappa shape index (κ1) is 17.3. The van der Waals surface area contributed by atoms with Crippen LogP contribution in [0, 0.1) is 0 Å². The first-order valence-corrected chi connectivity index (χ1v) is 7.13. The molecule has 0 radical (unpaired) electrons. The number of ether oxygens (including phenoxy) is 4. The number of rotatable bonds is 6. The van der Waals surface area contributed by atoms with Crippen LogP contribution in [0.1, 0.15) is 27.6 Å². The lowest BCUT2D eigenvalue weighted by Gasteiger charge is -2.13. The molecule has 0 heterocycles. The first-order chi connectivity index (χ1) is 11.5. The molecule has 0 aliphatic heterocycles. The molecule has 0 spiro atoms. The van der Waals surface area contributed by atoms with Crippen LogP contribution in [-0.2, 0) is 0 Å². The van der Waals surface area contributed by atoms with Gasteiger partial charge in [-0.15, -0.1) is 0 Å². The predicted molar refractivity (Wildman–Crippen MR) is 87.5 cm³/mol. The topological polar surface area (TPSA) is 71.1 Å². The normalized spacial score (nSPS) is 10.0. The molecule has 2 rings (SSSR count). The van der Waals surface area contributed by atoms with Gasteiger partial charge in [0.1, 0.15) is 5.75 Å². The van der Waals surface area contributed by atoms with Crippen LogP contribution in [0.5, 0.6) is 23.0 Å². The van der Waals surface area contributed by atoms with E-state index >= 15 is 0 Å². The summed E-state index contributed by atoms with van der Waals surface area (Å²) >= 11 is 0. The van der Waals surface area contributed by atoms with Gasteiger partial charge in [-0.2, -0.15) is 0 Å². The van der Waals surface area contributed by atoms with Crippen LogP contribution < -0.4 is 18.9 Å². The Kier molecular flexibility index (Phi) is 5.42. The molecule has 0 aliphatic carbocycles. The predicted octanol–water partition coefficient (Wildman–Crippen LogP) is 3.13. The lowest BCUT2D eigenvalue weighted by Crippen LogP contribution is -2.09. The van der Waals surface area contributed by atoms with Crippen molar-refractivity contribution >= 4 is 11.8 Å². The van der Waals surface area contributed by atoms with Gasteiger partial charge in [-0.1, -0.05) is 0 Å². The van der Waals surface area contributed by atoms with Crippen LogP contribution in [0.25, 0.3) is 0 Å². The Bertz CT molecular complexity index is 724. The Labute approximate surface area is 139 Å². The van der Waals surface area contributed by atoms with Crippen molar-refractivity contribution in [1.29, 1.82) is 0 Å². The molecule has 2 aromatic rings. The van der Waals surface area contributed by atoms with Crippen LogP contribution in [0.4, 0.5) is 0 Å². The zero-order valence-corrected chi connectivity index (χ0v) is 13.9. The molecule has 2 aromatic carbocycles. The zero-order valence-electron chi connectivity index (χ0n) is 13.9. The van der Waals surface area contributed by atoms with Gasteiger partial charge in [0, 0.05) is 5.56 Å². The Morgan fingerprint density at radius 3 is 1.75 bits per heavy atom. The van der Waals surface area contributed by atoms with Crippen molar-refractivity contribution in [2.24, 2.45) is 0 Å². The van der Waals surface area contributed by atoms with Gasteiger partial charge in [0.05, 0.1) is 26.9 Å². The number of carbonyl (C=O) groups excluding carboxylic acids is 2. The molecule has 0 atom stereocenters. The highest BCUT2D eigenvalue weighted by molar-refractivity contribution is 5.95. The molecule has 0 saturated heterocycles. The van der Waals surface area contributed by atoms with Gasteiger partial charge in [-0.25, -0.2) is 4.79 Å². The van der Waals surface area contributed by atoms with E-state index in [1.54, 1.807) is 24.3 Å². The van der Waals surface area contributed by atoms with Crippen molar-refractivity contribution in [3.8, 4) is 23.0 Å². The fraction of sp³-hybridized carbons (Fsp3) is 0.222. The lowest BCUT2D eigenvalue weighted by molar-refractivity contribution is 0.0733. The Morgan fingerprint density at radius 2 is 1.33 bits per heavy atom. The maximum atomic E-state index is 12.3. The molecule has 0 fully saturated rings. The molecular weight excluding hydrogens is 312 g/mol. The van der Waals surface area contributed by atoms with Gasteiger partial charge in [-0.3, -0.25) is 4.79 Å². The van der Waals surface area contributed by atoms with Crippen molar-refractivity contribution in [1.82, 2.24) is 0 Å². The van der Waals surface area contributed by atoms with Crippen molar-refractivity contribution in [2.45, 2.75) is 6.92 Å². The molecule has 0 aromatic heterocycles. The summed E-state index contributed by atoms with van der Waals surface area (Å²) in [6, 6.07) is 9.33. The number of hydrogen-bond donors (Lipinski definition) is 0. The molecule has 24 heavy (non-hydrogen) atoms. The molecule has 0 aliphatic rings. The van der Waals surface area contributed by atoms with Crippen molar-refractivity contribution in [3.63, 3.8) is 0 Å². The number of ketones is 1. The van der Waals surface area contributed by atoms with E-state index in [9.17, 15) is 9.59 Å². The van der Waals surface area contributed by atoms with Crippen LogP contribution in [0.15, 0.2) is 36.4 Å². The first-order valence-electron chi connectivity index (χ1n) is 7.13. The van der Waals surface area contributed by atoms with E-state index in [0.717, 1.165) is 0 Å². The van der Waals surface area contributed by atoms with E-state index in [0.29, 0.717) is 28.6 Å². The number of benzene rings is 2. The number of hydrogen-bond acceptors (Lipinski definition) is 6. The van der Waals surface area contributed by atoms with Gasteiger partial charge < -0.3 is 18.9 Å². The van der Waals surface area contributed by atoms with Gasteiger partial charge in [0.2, 0.25) is 5.75 Å². The second kappa shape index (κ2) is 7.50. The van der Waals surface area contributed by atoms with E-state index < -0.39 is 5.97 Å².